The molecule has 6 rings (SSSR count). The first kappa shape index (κ1) is 23.6. The summed E-state index contributed by atoms with van der Waals surface area (Å²) in [6.07, 6.45) is 8.23. The number of anilines is 1. The standard InChI is InChI=1S/C33H30N4O/c1-33(26-11-5-3-6-12-26,27-13-7-4-8-14-27)28-23-34-37(24-28)30-16-10-18-32(22-30)38-31-17-9-15-29(21-31)36-20-19-35(2)25-36/h3-24H,25H2,1-2H3. The van der Waals surface area contributed by atoms with Crippen molar-refractivity contribution >= 4 is 5.69 Å². The fourth-order valence-corrected chi connectivity index (χ4v) is 5.01. The van der Waals surface area contributed by atoms with Crippen molar-refractivity contribution in [3.63, 3.8) is 0 Å². The largest absolute Gasteiger partial charge is 0.457 e. The van der Waals surface area contributed by atoms with Crippen molar-refractivity contribution in [2.45, 2.75) is 12.3 Å². The third-order valence-electron chi connectivity index (χ3n) is 7.21. The van der Waals surface area contributed by atoms with Gasteiger partial charge in [-0.25, -0.2) is 4.68 Å². The fraction of sp³-hybridized carbons (Fsp3) is 0.121. The van der Waals surface area contributed by atoms with Crippen LogP contribution in [0.5, 0.6) is 11.5 Å². The lowest BCUT2D eigenvalue weighted by atomic mass is 9.72. The maximum atomic E-state index is 6.27. The molecule has 2 heterocycles. The van der Waals surface area contributed by atoms with Crippen molar-refractivity contribution < 1.29 is 4.74 Å². The van der Waals surface area contributed by atoms with Crippen LogP contribution < -0.4 is 9.64 Å². The number of hydrogen-bond acceptors (Lipinski definition) is 4. The molecular weight excluding hydrogens is 468 g/mol. The van der Waals surface area contributed by atoms with Crippen molar-refractivity contribution in [2.24, 2.45) is 0 Å². The molecule has 1 aliphatic rings. The molecule has 0 saturated heterocycles. The number of benzene rings is 4. The molecule has 0 amide bonds. The van der Waals surface area contributed by atoms with Crippen LogP contribution in [-0.4, -0.2) is 28.4 Å². The highest BCUT2D eigenvalue weighted by atomic mass is 16.5. The molecule has 0 bridgehead atoms. The van der Waals surface area contributed by atoms with E-state index < -0.39 is 0 Å². The average molecular weight is 499 g/mol. The van der Waals surface area contributed by atoms with Gasteiger partial charge in [0.2, 0.25) is 0 Å². The molecule has 188 valence electrons. The van der Waals surface area contributed by atoms with Gasteiger partial charge in [-0.1, -0.05) is 72.8 Å². The van der Waals surface area contributed by atoms with Crippen LogP contribution in [0, 0.1) is 0 Å². The summed E-state index contributed by atoms with van der Waals surface area (Å²) in [5, 5.41) is 4.77. The summed E-state index contributed by atoms with van der Waals surface area (Å²) in [6.45, 7) is 3.09. The normalized spacial score (nSPS) is 13.2. The van der Waals surface area contributed by atoms with E-state index in [0.29, 0.717) is 0 Å². The van der Waals surface area contributed by atoms with Crippen LogP contribution in [0.15, 0.2) is 134 Å². The molecule has 1 aliphatic heterocycles. The minimum atomic E-state index is -0.340. The number of nitrogens with zero attached hydrogens (tertiary/aromatic N) is 4. The van der Waals surface area contributed by atoms with Crippen LogP contribution in [0.25, 0.3) is 5.69 Å². The summed E-state index contributed by atoms with van der Waals surface area (Å²) < 4.78 is 8.20. The maximum Gasteiger partial charge on any atom is 0.129 e. The first-order valence-electron chi connectivity index (χ1n) is 12.8. The molecule has 0 N–H and O–H groups in total. The van der Waals surface area contributed by atoms with E-state index in [9.17, 15) is 0 Å². The van der Waals surface area contributed by atoms with E-state index >= 15 is 0 Å². The van der Waals surface area contributed by atoms with Crippen molar-refractivity contribution in [1.29, 1.82) is 0 Å². The fourth-order valence-electron chi connectivity index (χ4n) is 5.01. The Labute approximate surface area is 223 Å². The van der Waals surface area contributed by atoms with E-state index in [1.54, 1.807) is 0 Å². The highest BCUT2D eigenvalue weighted by Gasteiger charge is 2.32. The molecule has 0 fully saturated rings. The Balaban J connectivity index is 1.29. The number of aromatic nitrogens is 2. The number of ether oxygens (including phenoxy) is 1. The molecule has 1 aromatic heterocycles. The number of rotatable bonds is 7. The van der Waals surface area contributed by atoms with E-state index in [4.69, 9.17) is 9.84 Å². The number of hydrogen-bond donors (Lipinski definition) is 0. The van der Waals surface area contributed by atoms with Gasteiger partial charge in [-0.15, -0.1) is 0 Å². The third-order valence-corrected chi connectivity index (χ3v) is 7.21. The zero-order valence-electron chi connectivity index (χ0n) is 21.6. The smallest absolute Gasteiger partial charge is 0.129 e. The van der Waals surface area contributed by atoms with Crippen LogP contribution >= 0.6 is 0 Å². The molecular formula is C33H30N4O. The molecule has 4 aromatic carbocycles. The minimum absolute atomic E-state index is 0.340. The monoisotopic (exact) mass is 498 g/mol. The van der Waals surface area contributed by atoms with E-state index in [0.717, 1.165) is 35.1 Å². The molecule has 0 saturated carbocycles. The van der Waals surface area contributed by atoms with Crippen LogP contribution in [-0.2, 0) is 5.41 Å². The predicted octanol–water partition coefficient (Wildman–Crippen LogP) is 7.20. The Kier molecular flexibility index (Phi) is 6.18. The molecule has 5 aromatic rings. The molecule has 38 heavy (non-hydrogen) atoms. The second-order valence-electron chi connectivity index (χ2n) is 9.79. The third kappa shape index (κ3) is 4.55. The van der Waals surface area contributed by atoms with Crippen molar-refractivity contribution in [3.8, 4) is 17.2 Å². The summed E-state index contributed by atoms with van der Waals surface area (Å²) in [5.74, 6) is 1.56. The van der Waals surface area contributed by atoms with Gasteiger partial charge in [-0.05, 0) is 42.3 Å². The van der Waals surface area contributed by atoms with Gasteiger partial charge < -0.3 is 14.5 Å². The Morgan fingerprint density at radius 3 is 1.89 bits per heavy atom. The van der Waals surface area contributed by atoms with Gasteiger partial charge in [0, 0.05) is 54.4 Å². The van der Waals surface area contributed by atoms with Crippen molar-refractivity contribution in [2.75, 3.05) is 18.6 Å². The average Bonchev–Trinajstić information content (AvgIpc) is 3.64. The Morgan fingerprint density at radius 2 is 1.29 bits per heavy atom. The van der Waals surface area contributed by atoms with Crippen LogP contribution in [0.4, 0.5) is 5.69 Å². The van der Waals surface area contributed by atoms with Gasteiger partial charge in [0.1, 0.15) is 11.5 Å². The SMILES string of the molecule is CN1C=CN(c2cccc(Oc3cccc(-n4cc(C(C)(c5ccccc5)c5ccccc5)cn4)c3)c2)C1. The summed E-state index contributed by atoms with van der Waals surface area (Å²) in [4.78, 5) is 4.32. The highest BCUT2D eigenvalue weighted by molar-refractivity contribution is 5.55. The van der Waals surface area contributed by atoms with E-state index in [-0.39, 0.29) is 5.41 Å². The second kappa shape index (κ2) is 9.94. The van der Waals surface area contributed by atoms with E-state index in [2.05, 4.69) is 115 Å². The summed E-state index contributed by atoms with van der Waals surface area (Å²) >= 11 is 0. The molecule has 0 atom stereocenters. The molecule has 0 spiro atoms. The predicted molar refractivity (Wildman–Crippen MR) is 153 cm³/mol. The van der Waals surface area contributed by atoms with E-state index in [1.165, 1.54) is 11.1 Å². The summed E-state index contributed by atoms with van der Waals surface area (Å²) in [6, 6.07) is 37.4. The maximum absolute atomic E-state index is 6.27. The Hall–Kier alpha value is -4.77. The minimum Gasteiger partial charge on any atom is -0.457 e. The van der Waals surface area contributed by atoms with Gasteiger partial charge in [0.15, 0.2) is 0 Å². The zero-order valence-corrected chi connectivity index (χ0v) is 21.6. The molecule has 0 radical (unpaired) electrons. The van der Waals surface area contributed by atoms with Gasteiger partial charge in [0.05, 0.1) is 18.6 Å². The molecule has 0 unspecified atom stereocenters. The van der Waals surface area contributed by atoms with Gasteiger partial charge in [-0.3, -0.25) is 0 Å². The van der Waals surface area contributed by atoms with Gasteiger partial charge in [0.25, 0.3) is 0 Å². The van der Waals surface area contributed by atoms with Crippen LogP contribution in [0.3, 0.4) is 0 Å². The lowest BCUT2D eigenvalue weighted by molar-refractivity contribution is 0.480. The van der Waals surface area contributed by atoms with Crippen molar-refractivity contribution in [3.05, 3.63) is 151 Å². The van der Waals surface area contributed by atoms with Gasteiger partial charge in [-0.2, -0.15) is 5.10 Å². The Bertz CT molecular complexity index is 1520. The van der Waals surface area contributed by atoms with E-state index in [1.807, 2.05) is 47.3 Å². The summed E-state index contributed by atoms with van der Waals surface area (Å²) in [7, 11) is 2.06. The molecule has 0 aliphatic carbocycles. The molecule has 5 nitrogen and oxygen atoms in total. The first-order valence-corrected chi connectivity index (χ1v) is 12.8. The first-order chi connectivity index (χ1) is 18.6. The summed E-state index contributed by atoms with van der Waals surface area (Å²) in [5.41, 5.74) is 5.27. The van der Waals surface area contributed by atoms with Gasteiger partial charge >= 0.3 is 0 Å². The lowest BCUT2D eigenvalue weighted by Gasteiger charge is -2.30. The second-order valence-corrected chi connectivity index (χ2v) is 9.79. The Morgan fingerprint density at radius 1 is 0.684 bits per heavy atom. The zero-order chi connectivity index (χ0) is 26.0. The van der Waals surface area contributed by atoms with Crippen LogP contribution in [0.1, 0.15) is 23.6 Å². The van der Waals surface area contributed by atoms with Crippen molar-refractivity contribution in [1.82, 2.24) is 14.7 Å². The quantitative estimate of drug-likeness (QED) is 0.238. The lowest BCUT2D eigenvalue weighted by Crippen LogP contribution is -2.24. The van der Waals surface area contributed by atoms with Crippen LogP contribution in [0.2, 0.25) is 0 Å². The molecule has 5 heteroatoms. The topological polar surface area (TPSA) is 33.5 Å². The highest BCUT2D eigenvalue weighted by Crippen LogP contribution is 2.39.